The molecule has 0 aliphatic carbocycles. The van der Waals surface area contributed by atoms with Crippen LogP contribution in [-0.4, -0.2) is 41.5 Å². The topological polar surface area (TPSA) is 39.3 Å². The molecular weight excluding hydrogens is 298 g/mol. The molecule has 128 valence electrons. The van der Waals surface area contributed by atoms with E-state index >= 15 is 0 Å². The number of aromatic nitrogens is 1. The van der Waals surface area contributed by atoms with E-state index < -0.39 is 0 Å². The average Bonchev–Trinajstić information content (AvgIpc) is 2.56. The number of hydrogen-bond acceptors (Lipinski definition) is 3. The Bertz CT molecular complexity index is 781. The van der Waals surface area contributed by atoms with Gasteiger partial charge in [0.25, 0.3) is 0 Å². The van der Waals surface area contributed by atoms with Gasteiger partial charge in [-0.25, -0.2) is 0 Å². The summed E-state index contributed by atoms with van der Waals surface area (Å²) in [6.07, 6.45) is 2.90. The van der Waals surface area contributed by atoms with Crippen molar-refractivity contribution in [3.8, 4) is 0 Å². The molecule has 0 spiro atoms. The second-order valence-electron chi connectivity index (χ2n) is 7.14. The quantitative estimate of drug-likeness (QED) is 0.939. The summed E-state index contributed by atoms with van der Waals surface area (Å²) in [5.41, 5.74) is 5.70. The van der Waals surface area contributed by atoms with Crippen molar-refractivity contribution in [2.24, 2.45) is 0 Å². The summed E-state index contributed by atoms with van der Waals surface area (Å²) in [7, 11) is 4.33. The maximum absolute atomic E-state index is 12.1. The molecule has 1 aliphatic rings. The second-order valence-corrected chi connectivity index (χ2v) is 7.14. The first-order chi connectivity index (χ1) is 11.5. The summed E-state index contributed by atoms with van der Waals surface area (Å²) in [5.74, 6) is 0. The van der Waals surface area contributed by atoms with Gasteiger partial charge in [-0.3, -0.25) is 14.6 Å². The first-order valence-corrected chi connectivity index (χ1v) is 8.59. The Morgan fingerprint density at radius 3 is 2.71 bits per heavy atom. The SMILES string of the molecule is Cc1c[nH]c(CN(C)C[C@@H]2Cc3ccccc3CN2C)c(C)c1=O. The van der Waals surface area contributed by atoms with Crippen molar-refractivity contribution in [1.29, 1.82) is 0 Å². The van der Waals surface area contributed by atoms with Gasteiger partial charge in [0.15, 0.2) is 5.43 Å². The first-order valence-electron chi connectivity index (χ1n) is 8.59. The van der Waals surface area contributed by atoms with Crippen molar-refractivity contribution in [2.75, 3.05) is 20.6 Å². The predicted octanol–water partition coefficient (Wildman–Crippen LogP) is 2.48. The first kappa shape index (κ1) is 16.9. The molecule has 2 aromatic rings. The van der Waals surface area contributed by atoms with Gasteiger partial charge in [-0.2, -0.15) is 0 Å². The summed E-state index contributed by atoms with van der Waals surface area (Å²) in [6, 6.07) is 9.23. The molecule has 1 N–H and O–H groups in total. The summed E-state index contributed by atoms with van der Waals surface area (Å²) in [5, 5.41) is 0. The zero-order chi connectivity index (χ0) is 17.3. The molecule has 0 unspecified atom stereocenters. The maximum Gasteiger partial charge on any atom is 0.187 e. The highest BCUT2D eigenvalue weighted by molar-refractivity contribution is 5.30. The zero-order valence-corrected chi connectivity index (χ0v) is 15.1. The Labute approximate surface area is 144 Å². The number of aryl methyl sites for hydroxylation is 1. The van der Waals surface area contributed by atoms with Gasteiger partial charge in [0.1, 0.15) is 0 Å². The Morgan fingerprint density at radius 1 is 1.25 bits per heavy atom. The molecule has 0 radical (unpaired) electrons. The molecule has 24 heavy (non-hydrogen) atoms. The van der Waals surface area contributed by atoms with Crippen LogP contribution in [0.3, 0.4) is 0 Å². The number of nitrogens with one attached hydrogen (secondary N) is 1. The van der Waals surface area contributed by atoms with Gasteiger partial charge in [-0.05, 0) is 45.5 Å². The van der Waals surface area contributed by atoms with Crippen molar-refractivity contribution in [1.82, 2.24) is 14.8 Å². The van der Waals surface area contributed by atoms with Crippen LogP contribution in [-0.2, 0) is 19.5 Å². The van der Waals surface area contributed by atoms with E-state index in [1.807, 2.05) is 20.0 Å². The van der Waals surface area contributed by atoms with Gasteiger partial charge in [0.2, 0.25) is 0 Å². The van der Waals surface area contributed by atoms with E-state index in [1.54, 1.807) is 0 Å². The van der Waals surface area contributed by atoms with Crippen LogP contribution in [0.15, 0.2) is 35.3 Å². The fraction of sp³-hybridized carbons (Fsp3) is 0.450. The van der Waals surface area contributed by atoms with Crippen LogP contribution in [0, 0.1) is 13.8 Å². The van der Waals surface area contributed by atoms with Crippen LogP contribution < -0.4 is 5.43 Å². The second kappa shape index (κ2) is 6.91. The third kappa shape index (κ3) is 3.45. The minimum atomic E-state index is 0.154. The molecule has 4 heteroatoms. The summed E-state index contributed by atoms with van der Waals surface area (Å²) < 4.78 is 0. The molecule has 0 bridgehead atoms. The molecule has 0 saturated heterocycles. The fourth-order valence-electron chi connectivity index (χ4n) is 3.58. The Kier molecular flexibility index (Phi) is 4.88. The van der Waals surface area contributed by atoms with Crippen LogP contribution in [0.5, 0.6) is 0 Å². The van der Waals surface area contributed by atoms with Gasteiger partial charge >= 0.3 is 0 Å². The number of aromatic amines is 1. The van der Waals surface area contributed by atoms with Gasteiger partial charge in [0.05, 0.1) is 0 Å². The lowest BCUT2D eigenvalue weighted by atomic mass is 9.94. The van der Waals surface area contributed by atoms with E-state index in [-0.39, 0.29) is 5.43 Å². The number of fused-ring (bicyclic) bond motifs is 1. The minimum Gasteiger partial charge on any atom is -0.363 e. The molecule has 3 rings (SSSR count). The molecule has 0 amide bonds. The van der Waals surface area contributed by atoms with E-state index in [4.69, 9.17) is 0 Å². The Hall–Kier alpha value is -1.91. The fourth-order valence-corrected chi connectivity index (χ4v) is 3.58. The number of pyridine rings is 1. The van der Waals surface area contributed by atoms with E-state index in [2.05, 4.69) is 53.1 Å². The van der Waals surface area contributed by atoms with Crippen molar-refractivity contribution in [3.05, 3.63) is 68.6 Å². The average molecular weight is 325 g/mol. The highest BCUT2D eigenvalue weighted by atomic mass is 16.1. The van der Waals surface area contributed by atoms with Crippen LogP contribution >= 0.6 is 0 Å². The lowest BCUT2D eigenvalue weighted by Gasteiger charge is -2.36. The zero-order valence-electron chi connectivity index (χ0n) is 15.1. The Balaban J connectivity index is 1.68. The number of hydrogen-bond donors (Lipinski definition) is 1. The maximum atomic E-state index is 12.1. The van der Waals surface area contributed by atoms with Gasteiger partial charge in [-0.15, -0.1) is 0 Å². The van der Waals surface area contributed by atoms with Crippen LogP contribution in [0.1, 0.15) is 27.9 Å². The van der Waals surface area contributed by atoms with Crippen molar-refractivity contribution in [2.45, 2.75) is 39.4 Å². The van der Waals surface area contributed by atoms with Crippen molar-refractivity contribution >= 4 is 0 Å². The van der Waals surface area contributed by atoms with E-state index in [0.29, 0.717) is 6.04 Å². The van der Waals surface area contributed by atoms with Crippen LogP contribution in [0.2, 0.25) is 0 Å². The molecule has 2 heterocycles. The third-order valence-corrected chi connectivity index (χ3v) is 5.18. The molecular formula is C20H27N3O. The highest BCUT2D eigenvalue weighted by Crippen LogP contribution is 2.22. The number of H-pyrrole nitrogens is 1. The molecule has 1 aliphatic heterocycles. The van der Waals surface area contributed by atoms with Crippen molar-refractivity contribution < 1.29 is 0 Å². The van der Waals surface area contributed by atoms with Gasteiger partial charge < -0.3 is 4.98 Å². The predicted molar refractivity (Wildman–Crippen MR) is 98.3 cm³/mol. The van der Waals surface area contributed by atoms with E-state index in [0.717, 1.165) is 42.9 Å². The van der Waals surface area contributed by atoms with E-state index in [9.17, 15) is 4.79 Å². The van der Waals surface area contributed by atoms with Gasteiger partial charge in [-0.1, -0.05) is 24.3 Å². The smallest absolute Gasteiger partial charge is 0.187 e. The number of nitrogens with zero attached hydrogens (tertiary/aromatic N) is 2. The highest BCUT2D eigenvalue weighted by Gasteiger charge is 2.24. The normalized spacial score (nSPS) is 18.0. The van der Waals surface area contributed by atoms with Gasteiger partial charge in [0, 0.05) is 48.7 Å². The molecule has 1 aromatic carbocycles. The standard InChI is InChI=1S/C20H27N3O/c1-14-10-21-19(15(2)20(14)24)13-22(3)12-18-9-16-7-5-6-8-17(16)11-23(18)4/h5-8,10,18H,9,11-13H2,1-4H3,(H,21,24)/t18-/m0/s1. The van der Waals surface area contributed by atoms with Crippen molar-refractivity contribution in [3.63, 3.8) is 0 Å². The van der Waals surface area contributed by atoms with E-state index in [1.165, 1.54) is 11.1 Å². The third-order valence-electron chi connectivity index (χ3n) is 5.18. The Morgan fingerprint density at radius 2 is 1.96 bits per heavy atom. The number of likely N-dealkylation sites (N-methyl/N-ethyl adjacent to an activating group) is 2. The molecule has 4 nitrogen and oxygen atoms in total. The molecule has 0 saturated carbocycles. The monoisotopic (exact) mass is 325 g/mol. The largest absolute Gasteiger partial charge is 0.363 e. The number of rotatable bonds is 4. The summed E-state index contributed by atoms with van der Waals surface area (Å²) in [6.45, 7) is 6.54. The number of benzene rings is 1. The lowest BCUT2D eigenvalue weighted by Crippen LogP contribution is -2.44. The molecule has 0 fully saturated rings. The minimum absolute atomic E-state index is 0.154. The lowest BCUT2D eigenvalue weighted by molar-refractivity contribution is 0.157. The van der Waals surface area contributed by atoms with Crippen LogP contribution in [0.25, 0.3) is 0 Å². The summed E-state index contributed by atoms with van der Waals surface area (Å²) >= 11 is 0. The van der Waals surface area contributed by atoms with Crippen LogP contribution in [0.4, 0.5) is 0 Å². The molecule has 1 aromatic heterocycles. The molecule has 1 atom stereocenters. The summed E-state index contributed by atoms with van der Waals surface area (Å²) in [4.78, 5) is 20.1.